The third-order valence-electron chi connectivity index (χ3n) is 2.31. The van der Waals surface area contributed by atoms with Crippen LogP contribution >= 0.6 is 0 Å². The van der Waals surface area contributed by atoms with Crippen molar-refractivity contribution in [3.63, 3.8) is 0 Å². The summed E-state index contributed by atoms with van der Waals surface area (Å²) in [6, 6.07) is 0. The number of carbonyl (C=O) groups is 1. The van der Waals surface area contributed by atoms with Crippen molar-refractivity contribution in [3.05, 3.63) is 11.3 Å². The van der Waals surface area contributed by atoms with Gasteiger partial charge >= 0.3 is 0 Å². The molecule has 0 bridgehead atoms. The Kier molecular flexibility index (Phi) is 2.37. The van der Waals surface area contributed by atoms with Gasteiger partial charge in [0.25, 0.3) is 5.91 Å². The van der Waals surface area contributed by atoms with E-state index in [-0.39, 0.29) is 11.4 Å². The Morgan fingerprint density at radius 1 is 1.31 bits per heavy atom. The molecular formula is C10H17NO2. The Hall–Kier alpha value is -0.990. The highest BCUT2D eigenvalue weighted by molar-refractivity contribution is 5.94. The van der Waals surface area contributed by atoms with E-state index in [9.17, 15) is 4.79 Å². The molecule has 74 valence electrons. The van der Waals surface area contributed by atoms with E-state index in [4.69, 9.17) is 4.74 Å². The van der Waals surface area contributed by atoms with Crippen molar-refractivity contribution in [3.8, 4) is 0 Å². The zero-order valence-corrected chi connectivity index (χ0v) is 8.97. The van der Waals surface area contributed by atoms with Gasteiger partial charge in [0, 0.05) is 5.54 Å². The van der Waals surface area contributed by atoms with Crippen LogP contribution in [0.15, 0.2) is 11.3 Å². The maximum Gasteiger partial charge on any atom is 0.255 e. The van der Waals surface area contributed by atoms with Crippen LogP contribution in [-0.4, -0.2) is 23.1 Å². The molecule has 0 N–H and O–H groups in total. The zero-order chi connectivity index (χ0) is 10.2. The molecule has 0 unspecified atom stereocenters. The van der Waals surface area contributed by atoms with Crippen LogP contribution in [0.5, 0.6) is 0 Å². The van der Waals surface area contributed by atoms with Gasteiger partial charge in [0.15, 0.2) is 6.73 Å². The van der Waals surface area contributed by atoms with Crippen LogP contribution in [0.1, 0.15) is 34.6 Å². The van der Waals surface area contributed by atoms with E-state index in [0.29, 0.717) is 12.3 Å². The van der Waals surface area contributed by atoms with Gasteiger partial charge in [-0.05, 0) is 34.6 Å². The van der Waals surface area contributed by atoms with E-state index in [2.05, 4.69) is 0 Å². The van der Waals surface area contributed by atoms with Crippen LogP contribution in [0.4, 0.5) is 0 Å². The van der Waals surface area contributed by atoms with Gasteiger partial charge in [-0.1, -0.05) is 0 Å². The summed E-state index contributed by atoms with van der Waals surface area (Å²) in [7, 11) is 0. The van der Waals surface area contributed by atoms with Gasteiger partial charge in [0.1, 0.15) is 5.76 Å². The van der Waals surface area contributed by atoms with Crippen molar-refractivity contribution in [2.45, 2.75) is 40.2 Å². The Bertz CT molecular complexity index is 261. The minimum Gasteiger partial charge on any atom is -0.477 e. The molecule has 0 spiro atoms. The molecule has 3 heteroatoms. The van der Waals surface area contributed by atoms with Crippen molar-refractivity contribution in [2.75, 3.05) is 6.73 Å². The van der Waals surface area contributed by atoms with Crippen molar-refractivity contribution >= 4 is 5.91 Å². The van der Waals surface area contributed by atoms with Crippen LogP contribution in [0.25, 0.3) is 0 Å². The minimum absolute atomic E-state index is 0.0799. The highest BCUT2D eigenvalue weighted by Crippen LogP contribution is 2.22. The smallest absolute Gasteiger partial charge is 0.255 e. The molecule has 0 aromatic rings. The number of nitrogens with zero attached hydrogens (tertiary/aromatic N) is 1. The van der Waals surface area contributed by atoms with E-state index in [1.54, 1.807) is 11.8 Å². The van der Waals surface area contributed by atoms with Gasteiger partial charge in [-0.15, -0.1) is 0 Å². The van der Waals surface area contributed by atoms with Crippen molar-refractivity contribution in [1.29, 1.82) is 0 Å². The predicted octanol–water partition coefficient (Wildman–Crippen LogP) is 1.90. The standard InChI is InChI=1S/C10H17NO2/c1-7-8(2)13-6-11(9(7)12)10(3,4)5/h6H2,1-5H3. The van der Waals surface area contributed by atoms with Crippen molar-refractivity contribution in [1.82, 2.24) is 4.90 Å². The lowest BCUT2D eigenvalue weighted by Crippen LogP contribution is -2.49. The second-order valence-electron chi connectivity index (χ2n) is 4.36. The summed E-state index contributed by atoms with van der Waals surface area (Å²) in [6.07, 6.45) is 0. The molecule has 1 amide bonds. The number of hydrogen-bond acceptors (Lipinski definition) is 2. The monoisotopic (exact) mass is 183 g/mol. The summed E-state index contributed by atoms with van der Waals surface area (Å²) in [6.45, 7) is 10.0. The first-order valence-corrected chi connectivity index (χ1v) is 4.46. The van der Waals surface area contributed by atoms with Crippen LogP contribution in [0.2, 0.25) is 0 Å². The molecule has 13 heavy (non-hydrogen) atoms. The molecule has 1 aliphatic rings. The molecule has 0 aromatic carbocycles. The summed E-state index contributed by atoms with van der Waals surface area (Å²) < 4.78 is 5.38. The van der Waals surface area contributed by atoms with Gasteiger partial charge in [0.05, 0.1) is 5.57 Å². The SMILES string of the molecule is CC1=C(C)C(=O)N(C(C)(C)C)CO1. The lowest BCUT2D eigenvalue weighted by molar-refractivity contribution is -0.141. The molecule has 3 nitrogen and oxygen atoms in total. The summed E-state index contributed by atoms with van der Waals surface area (Å²) in [5, 5.41) is 0. The predicted molar refractivity (Wildman–Crippen MR) is 50.9 cm³/mol. The second-order valence-corrected chi connectivity index (χ2v) is 4.36. The lowest BCUT2D eigenvalue weighted by atomic mass is 10.0. The molecule has 0 atom stereocenters. The molecule has 0 aromatic heterocycles. The largest absolute Gasteiger partial charge is 0.477 e. The summed E-state index contributed by atoms with van der Waals surface area (Å²) >= 11 is 0. The number of hydrogen-bond donors (Lipinski definition) is 0. The van der Waals surface area contributed by atoms with Crippen LogP contribution < -0.4 is 0 Å². The Labute approximate surface area is 79.4 Å². The van der Waals surface area contributed by atoms with Crippen molar-refractivity contribution in [2.24, 2.45) is 0 Å². The maximum absolute atomic E-state index is 11.8. The van der Waals surface area contributed by atoms with E-state index in [1.807, 2.05) is 27.7 Å². The topological polar surface area (TPSA) is 29.5 Å². The van der Waals surface area contributed by atoms with E-state index < -0.39 is 0 Å². The van der Waals surface area contributed by atoms with Gasteiger partial charge in [-0.25, -0.2) is 0 Å². The highest BCUT2D eigenvalue weighted by Gasteiger charge is 2.31. The summed E-state index contributed by atoms with van der Waals surface area (Å²) in [4.78, 5) is 13.5. The fraction of sp³-hybridized carbons (Fsp3) is 0.700. The first kappa shape index (κ1) is 10.1. The maximum atomic E-state index is 11.8. The van der Waals surface area contributed by atoms with Gasteiger partial charge in [-0.2, -0.15) is 0 Å². The highest BCUT2D eigenvalue weighted by atomic mass is 16.5. The third kappa shape index (κ3) is 1.85. The number of rotatable bonds is 0. The molecule has 1 rings (SSSR count). The second kappa shape index (κ2) is 3.05. The molecule has 1 heterocycles. The number of allylic oxidation sites excluding steroid dienone is 1. The number of amides is 1. The van der Waals surface area contributed by atoms with E-state index in [1.165, 1.54) is 0 Å². The average molecular weight is 183 g/mol. The summed E-state index contributed by atoms with van der Waals surface area (Å²) in [5.74, 6) is 0.821. The Morgan fingerprint density at radius 3 is 2.31 bits per heavy atom. The molecule has 0 radical (unpaired) electrons. The quantitative estimate of drug-likeness (QED) is 0.574. The van der Waals surface area contributed by atoms with Gasteiger partial charge < -0.3 is 9.64 Å². The fourth-order valence-electron chi connectivity index (χ4n) is 1.18. The molecule has 1 aliphatic heterocycles. The van der Waals surface area contributed by atoms with Crippen LogP contribution in [0, 0.1) is 0 Å². The van der Waals surface area contributed by atoms with Crippen LogP contribution in [0.3, 0.4) is 0 Å². The van der Waals surface area contributed by atoms with E-state index >= 15 is 0 Å². The number of ether oxygens (including phenoxy) is 1. The van der Waals surface area contributed by atoms with E-state index in [0.717, 1.165) is 5.76 Å². The molecule has 0 saturated heterocycles. The molecule has 0 fully saturated rings. The van der Waals surface area contributed by atoms with Crippen LogP contribution in [-0.2, 0) is 9.53 Å². The number of carbonyl (C=O) groups excluding carboxylic acids is 1. The Morgan fingerprint density at radius 2 is 1.85 bits per heavy atom. The average Bonchev–Trinajstić information content (AvgIpc) is 1.98. The first-order chi connectivity index (χ1) is 5.84. The Balaban J connectivity index is 2.93. The van der Waals surface area contributed by atoms with Crippen molar-refractivity contribution < 1.29 is 9.53 Å². The first-order valence-electron chi connectivity index (χ1n) is 4.46. The molecular weight excluding hydrogens is 166 g/mol. The third-order valence-corrected chi connectivity index (χ3v) is 2.31. The summed E-state index contributed by atoms with van der Waals surface area (Å²) in [5.41, 5.74) is 0.542. The molecule has 0 saturated carbocycles. The normalized spacial score (nSPS) is 19.2. The lowest BCUT2D eigenvalue weighted by Gasteiger charge is -2.38. The van der Waals surface area contributed by atoms with Gasteiger partial charge in [-0.3, -0.25) is 4.79 Å². The molecule has 0 aliphatic carbocycles. The zero-order valence-electron chi connectivity index (χ0n) is 8.97. The van der Waals surface area contributed by atoms with Gasteiger partial charge in [0.2, 0.25) is 0 Å². The minimum atomic E-state index is -0.168. The fourth-order valence-corrected chi connectivity index (χ4v) is 1.18.